The van der Waals surface area contributed by atoms with Gasteiger partial charge in [0.2, 0.25) is 0 Å². The predicted octanol–water partition coefficient (Wildman–Crippen LogP) is 2.54. The van der Waals surface area contributed by atoms with Crippen molar-refractivity contribution in [2.45, 2.75) is 39.0 Å². The number of carbonyl (C=O) groups is 1. The van der Waals surface area contributed by atoms with Crippen LogP contribution in [-0.2, 0) is 9.53 Å². The van der Waals surface area contributed by atoms with E-state index in [-0.39, 0.29) is 11.9 Å². The van der Waals surface area contributed by atoms with Crippen LogP contribution >= 0.6 is 0 Å². The second-order valence-corrected chi connectivity index (χ2v) is 5.71. The molecule has 0 amide bonds. The lowest BCUT2D eigenvalue weighted by molar-refractivity contribution is -0.146. The number of hydrogen-bond acceptors (Lipinski definition) is 3. The molecule has 2 aliphatic carbocycles. The lowest BCUT2D eigenvalue weighted by Gasteiger charge is -2.44. The molecular weight excluding hydrogens is 226 g/mol. The van der Waals surface area contributed by atoms with E-state index in [0.29, 0.717) is 18.6 Å². The first-order valence-corrected chi connectivity index (χ1v) is 7.07. The van der Waals surface area contributed by atoms with E-state index in [1.54, 1.807) is 0 Å². The average Bonchev–Trinajstić information content (AvgIpc) is 2.36. The van der Waals surface area contributed by atoms with Crippen LogP contribution in [0.15, 0.2) is 23.4 Å². The summed E-state index contributed by atoms with van der Waals surface area (Å²) in [5.41, 5.74) is 3.08. The number of nitrogens with one attached hydrogen (secondary N) is 1. The third kappa shape index (κ3) is 1.96. The fourth-order valence-corrected chi connectivity index (χ4v) is 3.27. The minimum atomic E-state index is -0.104. The molecule has 1 N–H and O–H groups in total. The van der Waals surface area contributed by atoms with Crippen LogP contribution in [0.25, 0.3) is 0 Å². The first-order chi connectivity index (χ1) is 8.72. The summed E-state index contributed by atoms with van der Waals surface area (Å²) in [6, 6.07) is 0. The molecule has 3 rings (SSSR count). The van der Waals surface area contributed by atoms with Gasteiger partial charge >= 0.3 is 5.97 Å². The highest BCUT2D eigenvalue weighted by molar-refractivity contribution is 5.75. The maximum atomic E-state index is 11.7. The lowest BCUT2D eigenvalue weighted by Crippen LogP contribution is -2.38. The molecule has 18 heavy (non-hydrogen) atoms. The maximum Gasteiger partial charge on any atom is 0.314 e. The van der Waals surface area contributed by atoms with Gasteiger partial charge in [-0.15, -0.1) is 0 Å². The van der Waals surface area contributed by atoms with Gasteiger partial charge in [0.25, 0.3) is 0 Å². The molecule has 0 aromatic rings. The molecule has 3 nitrogen and oxygen atoms in total. The molecule has 1 atom stereocenters. The summed E-state index contributed by atoms with van der Waals surface area (Å²) in [5, 5.41) is 3.43. The van der Waals surface area contributed by atoms with Crippen molar-refractivity contribution in [1.82, 2.24) is 5.32 Å². The van der Waals surface area contributed by atoms with Crippen LogP contribution in [0, 0.1) is 11.3 Å². The number of fused-ring (bicyclic) bond motifs is 1. The van der Waals surface area contributed by atoms with Crippen molar-refractivity contribution in [3.8, 4) is 0 Å². The summed E-state index contributed by atoms with van der Waals surface area (Å²) in [6.07, 6.45) is 10.9. The topological polar surface area (TPSA) is 38.3 Å². The molecular formula is C15H21NO2. The van der Waals surface area contributed by atoms with Crippen molar-refractivity contribution < 1.29 is 9.53 Å². The van der Waals surface area contributed by atoms with Gasteiger partial charge in [-0.3, -0.25) is 4.79 Å². The van der Waals surface area contributed by atoms with Gasteiger partial charge in [-0.1, -0.05) is 18.6 Å². The zero-order valence-electron chi connectivity index (χ0n) is 11.0. The highest BCUT2D eigenvalue weighted by atomic mass is 16.5. The Balaban J connectivity index is 1.76. The third-order valence-electron chi connectivity index (χ3n) is 4.54. The Bertz CT molecular complexity index is 418. The molecule has 3 aliphatic rings. The number of carbonyl (C=O) groups excluding carboxylic acids is 1. The fourth-order valence-electron chi connectivity index (χ4n) is 3.27. The summed E-state index contributed by atoms with van der Waals surface area (Å²) < 4.78 is 5.09. The molecule has 1 unspecified atom stereocenters. The first-order valence-electron chi connectivity index (χ1n) is 7.07. The zero-order valence-corrected chi connectivity index (χ0v) is 11.0. The van der Waals surface area contributed by atoms with Crippen LogP contribution in [0.3, 0.4) is 0 Å². The molecule has 1 heterocycles. The molecule has 0 aromatic carbocycles. The largest absolute Gasteiger partial charge is 0.465 e. The quantitative estimate of drug-likeness (QED) is 0.762. The van der Waals surface area contributed by atoms with Gasteiger partial charge in [-0.25, -0.2) is 0 Å². The van der Waals surface area contributed by atoms with Crippen molar-refractivity contribution in [3.63, 3.8) is 0 Å². The fraction of sp³-hybridized carbons (Fsp3) is 0.667. The van der Waals surface area contributed by atoms with Crippen LogP contribution in [0.5, 0.6) is 0 Å². The van der Waals surface area contributed by atoms with Crippen molar-refractivity contribution >= 4 is 5.97 Å². The Morgan fingerprint density at radius 1 is 1.50 bits per heavy atom. The summed E-state index contributed by atoms with van der Waals surface area (Å²) in [6.45, 7) is 3.00. The number of allylic oxidation sites excluding steroid dienone is 2. The van der Waals surface area contributed by atoms with Crippen LogP contribution in [0.4, 0.5) is 0 Å². The molecule has 1 spiro atoms. The summed E-state index contributed by atoms with van der Waals surface area (Å²) in [5.74, 6) is -0.201. The van der Waals surface area contributed by atoms with Gasteiger partial charge in [0.15, 0.2) is 0 Å². The molecule has 3 heteroatoms. The molecule has 0 saturated heterocycles. The van der Waals surface area contributed by atoms with E-state index >= 15 is 0 Å². The van der Waals surface area contributed by atoms with Crippen molar-refractivity contribution in [1.29, 1.82) is 0 Å². The normalized spacial score (nSPS) is 28.4. The van der Waals surface area contributed by atoms with Crippen LogP contribution in [0.1, 0.15) is 39.0 Å². The molecule has 1 saturated carbocycles. The van der Waals surface area contributed by atoms with Crippen molar-refractivity contribution in [2.24, 2.45) is 11.3 Å². The Labute approximate surface area is 108 Å². The predicted molar refractivity (Wildman–Crippen MR) is 69.8 cm³/mol. The van der Waals surface area contributed by atoms with Crippen LogP contribution in [0.2, 0.25) is 0 Å². The highest BCUT2D eigenvalue weighted by Crippen LogP contribution is 2.50. The summed E-state index contributed by atoms with van der Waals surface area (Å²) in [7, 11) is 0. The number of rotatable bonds is 2. The lowest BCUT2D eigenvalue weighted by atomic mass is 9.62. The first kappa shape index (κ1) is 11.8. The van der Waals surface area contributed by atoms with Gasteiger partial charge in [-0.2, -0.15) is 0 Å². The Morgan fingerprint density at radius 2 is 2.33 bits per heavy atom. The highest BCUT2D eigenvalue weighted by Gasteiger charge is 2.39. The standard InChI is InChI=1S/C15H21NO2/c1-2-18-14(17)12-8-11-4-7-15(5-3-6-15)9-13(11)16-10-12/h8-9,12,16H,2-7,10H2,1H3. The summed E-state index contributed by atoms with van der Waals surface area (Å²) >= 11 is 0. The van der Waals surface area contributed by atoms with E-state index in [0.717, 1.165) is 6.42 Å². The van der Waals surface area contributed by atoms with E-state index < -0.39 is 0 Å². The second-order valence-electron chi connectivity index (χ2n) is 5.71. The maximum absolute atomic E-state index is 11.7. The van der Waals surface area contributed by atoms with E-state index in [1.807, 2.05) is 6.92 Å². The van der Waals surface area contributed by atoms with Crippen LogP contribution in [-0.4, -0.2) is 19.1 Å². The smallest absolute Gasteiger partial charge is 0.314 e. The second kappa shape index (κ2) is 4.45. The van der Waals surface area contributed by atoms with Gasteiger partial charge in [0.05, 0.1) is 12.5 Å². The molecule has 0 bridgehead atoms. The number of hydrogen-bond donors (Lipinski definition) is 1. The van der Waals surface area contributed by atoms with Crippen molar-refractivity contribution in [3.05, 3.63) is 23.4 Å². The zero-order chi connectivity index (χ0) is 12.6. The van der Waals surface area contributed by atoms with Gasteiger partial charge in [0.1, 0.15) is 0 Å². The van der Waals surface area contributed by atoms with Gasteiger partial charge < -0.3 is 10.1 Å². The molecule has 98 valence electrons. The van der Waals surface area contributed by atoms with Crippen molar-refractivity contribution in [2.75, 3.05) is 13.2 Å². The molecule has 1 aliphatic heterocycles. The Hall–Kier alpha value is -1.25. The Kier molecular flexibility index (Phi) is 2.92. The van der Waals surface area contributed by atoms with E-state index in [1.165, 1.54) is 37.0 Å². The average molecular weight is 247 g/mol. The molecule has 0 aromatic heterocycles. The third-order valence-corrected chi connectivity index (χ3v) is 4.54. The number of ether oxygens (including phenoxy) is 1. The van der Waals surface area contributed by atoms with E-state index in [4.69, 9.17) is 4.74 Å². The minimum Gasteiger partial charge on any atom is -0.465 e. The summed E-state index contributed by atoms with van der Waals surface area (Å²) in [4.78, 5) is 11.7. The van der Waals surface area contributed by atoms with E-state index in [9.17, 15) is 4.79 Å². The SMILES string of the molecule is CCOC(=O)C1C=C2CCC3(C=C2NC1)CCC3. The van der Waals surface area contributed by atoms with E-state index in [2.05, 4.69) is 17.5 Å². The monoisotopic (exact) mass is 247 g/mol. The van der Waals surface area contributed by atoms with Gasteiger partial charge in [0, 0.05) is 12.2 Å². The molecule has 1 fully saturated rings. The minimum absolute atomic E-state index is 0.0968. The molecule has 0 radical (unpaired) electrons. The number of esters is 1. The Morgan fingerprint density at radius 3 is 3.00 bits per heavy atom. The van der Waals surface area contributed by atoms with Crippen LogP contribution < -0.4 is 5.32 Å². The van der Waals surface area contributed by atoms with Gasteiger partial charge in [-0.05, 0) is 43.6 Å².